The van der Waals surface area contributed by atoms with Crippen LogP contribution in [0.4, 0.5) is 0 Å². The third-order valence-corrected chi connectivity index (χ3v) is 3.78. The van der Waals surface area contributed by atoms with Crippen LogP contribution in [0.5, 0.6) is 0 Å². The van der Waals surface area contributed by atoms with Crippen LogP contribution in [0.15, 0.2) is 53.0 Å². The second-order valence-corrected chi connectivity index (χ2v) is 5.89. The van der Waals surface area contributed by atoms with Gasteiger partial charge in [0.2, 0.25) is 0 Å². The number of rotatable bonds is 4. The zero-order valence-electron chi connectivity index (χ0n) is 11.2. The van der Waals surface area contributed by atoms with Gasteiger partial charge in [-0.3, -0.25) is 5.84 Å². The summed E-state index contributed by atoms with van der Waals surface area (Å²) < 4.78 is 1.06. The molecule has 0 aliphatic rings. The van der Waals surface area contributed by atoms with Gasteiger partial charge in [0, 0.05) is 4.47 Å². The van der Waals surface area contributed by atoms with Crippen LogP contribution in [-0.2, 0) is 0 Å². The third kappa shape index (κ3) is 3.44. The summed E-state index contributed by atoms with van der Waals surface area (Å²) in [5, 5.41) is 0. The van der Waals surface area contributed by atoms with Gasteiger partial charge < -0.3 is 0 Å². The predicted octanol–water partition coefficient (Wildman–Crippen LogP) is 4.13. The molecular weight excluding hydrogens is 300 g/mol. The summed E-state index contributed by atoms with van der Waals surface area (Å²) >= 11 is 3.49. The van der Waals surface area contributed by atoms with E-state index in [0.29, 0.717) is 5.92 Å². The molecule has 1 unspecified atom stereocenters. The minimum Gasteiger partial charge on any atom is -0.271 e. The molecule has 0 aliphatic carbocycles. The molecule has 0 saturated heterocycles. The maximum absolute atomic E-state index is 5.72. The second kappa shape index (κ2) is 6.33. The topological polar surface area (TPSA) is 38.0 Å². The molecule has 2 rings (SSSR count). The lowest BCUT2D eigenvalue weighted by atomic mass is 9.96. The van der Waals surface area contributed by atoms with Crippen LogP contribution in [0.2, 0.25) is 0 Å². The Balaban J connectivity index is 2.31. The van der Waals surface area contributed by atoms with Crippen LogP contribution in [0.3, 0.4) is 0 Å². The molecule has 2 aromatic carbocycles. The summed E-state index contributed by atoms with van der Waals surface area (Å²) in [6.45, 7) is 4.39. The highest BCUT2D eigenvalue weighted by atomic mass is 79.9. The molecule has 0 spiro atoms. The molecule has 2 nitrogen and oxygen atoms in total. The zero-order chi connectivity index (χ0) is 13.8. The largest absolute Gasteiger partial charge is 0.271 e. The molecule has 3 heteroatoms. The normalized spacial score (nSPS) is 12.7. The molecule has 0 aliphatic heterocycles. The molecule has 100 valence electrons. The Labute approximate surface area is 123 Å². The van der Waals surface area contributed by atoms with Crippen molar-refractivity contribution in [2.45, 2.75) is 25.8 Å². The number of hydrogen-bond donors (Lipinski definition) is 2. The van der Waals surface area contributed by atoms with Crippen molar-refractivity contribution in [1.82, 2.24) is 5.43 Å². The molecule has 0 radical (unpaired) electrons. The maximum Gasteiger partial charge on any atom is 0.0710 e. The Bertz CT molecular complexity index is 535. The fourth-order valence-corrected chi connectivity index (χ4v) is 2.56. The average Bonchev–Trinajstić information content (AvgIpc) is 2.40. The third-order valence-electron chi connectivity index (χ3n) is 3.29. The van der Waals surface area contributed by atoms with Gasteiger partial charge >= 0.3 is 0 Å². The van der Waals surface area contributed by atoms with Crippen molar-refractivity contribution < 1.29 is 0 Å². The van der Waals surface area contributed by atoms with Gasteiger partial charge in [0.15, 0.2) is 0 Å². The summed E-state index contributed by atoms with van der Waals surface area (Å²) in [6.07, 6.45) is 0. The van der Waals surface area contributed by atoms with Crippen molar-refractivity contribution in [2.75, 3.05) is 0 Å². The number of nitrogens with one attached hydrogen (secondary N) is 1. The van der Waals surface area contributed by atoms with Crippen molar-refractivity contribution in [1.29, 1.82) is 0 Å². The van der Waals surface area contributed by atoms with Crippen molar-refractivity contribution in [3.8, 4) is 0 Å². The predicted molar refractivity (Wildman–Crippen MR) is 83.8 cm³/mol. The lowest BCUT2D eigenvalue weighted by Crippen LogP contribution is -2.28. The highest BCUT2D eigenvalue weighted by molar-refractivity contribution is 9.10. The van der Waals surface area contributed by atoms with E-state index in [1.165, 1.54) is 11.1 Å². The lowest BCUT2D eigenvalue weighted by Gasteiger charge is -2.18. The van der Waals surface area contributed by atoms with Gasteiger partial charge in [0.05, 0.1) is 6.04 Å². The van der Waals surface area contributed by atoms with Gasteiger partial charge in [-0.2, -0.15) is 0 Å². The fourth-order valence-electron chi connectivity index (χ4n) is 2.14. The van der Waals surface area contributed by atoms with Crippen LogP contribution in [-0.4, -0.2) is 0 Å². The lowest BCUT2D eigenvalue weighted by molar-refractivity contribution is 0.636. The smallest absolute Gasteiger partial charge is 0.0710 e. The van der Waals surface area contributed by atoms with Crippen LogP contribution in [0.1, 0.15) is 42.5 Å². The summed E-state index contributed by atoms with van der Waals surface area (Å²) in [4.78, 5) is 0. The number of hydrazine groups is 1. The van der Waals surface area contributed by atoms with Crippen molar-refractivity contribution in [3.63, 3.8) is 0 Å². The Kier molecular flexibility index (Phi) is 4.75. The minimum absolute atomic E-state index is 0.0127. The molecule has 0 fully saturated rings. The van der Waals surface area contributed by atoms with Gasteiger partial charge in [-0.1, -0.05) is 66.2 Å². The molecule has 3 N–H and O–H groups in total. The SMILES string of the molecule is CC(C)c1ccc(C(NN)c2cccc(Br)c2)cc1. The summed E-state index contributed by atoms with van der Waals surface area (Å²) in [5.41, 5.74) is 6.55. The number of halogens is 1. The minimum atomic E-state index is 0.0127. The molecule has 2 aromatic rings. The molecule has 0 amide bonds. The summed E-state index contributed by atoms with van der Waals surface area (Å²) in [7, 11) is 0. The van der Waals surface area contributed by atoms with E-state index in [2.05, 4.69) is 71.6 Å². The van der Waals surface area contributed by atoms with E-state index in [-0.39, 0.29) is 6.04 Å². The van der Waals surface area contributed by atoms with Crippen LogP contribution >= 0.6 is 15.9 Å². The Hall–Kier alpha value is -1.16. The van der Waals surface area contributed by atoms with Crippen molar-refractivity contribution >= 4 is 15.9 Å². The molecule has 0 aromatic heterocycles. The van der Waals surface area contributed by atoms with Gasteiger partial charge in [0.25, 0.3) is 0 Å². The zero-order valence-corrected chi connectivity index (χ0v) is 12.8. The standard InChI is InChI=1S/C16H19BrN2/c1-11(2)12-6-8-13(9-7-12)16(19-18)14-4-3-5-15(17)10-14/h3-11,16,19H,18H2,1-2H3. The number of hydrogen-bond acceptors (Lipinski definition) is 2. The first-order valence-electron chi connectivity index (χ1n) is 6.43. The Morgan fingerprint density at radius 1 is 0.947 bits per heavy atom. The summed E-state index contributed by atoms with van der Waals surface area (Å²) in [6, 6.07) is 16.8. The van der Waals surface area contributed by atoms with E-state index < -0.39 is 0 Å². The second-order valence-electron chi connectivity index (χ2n) is 4.98. The van der Waals surface area contributed by atoms with Crippen LogP contribution in [0.25, 0.3) is 0 Å². The van der Waals surface area contributed by atoms with E-state index in [1.807, 2.05) is 12.1 Å². The van der Waals surface area contributed by atoms with E-state index in [1.54, 1.807) is 0 Å². The van der Waals surface area contributed by atoms with Gasteiger partial charge in [-0.25, -0.2) is 5.43 Å². The fraction of sp³-hybridized carbons (Fsp3) is 0.250. The van der Waals surface area contributed by atoms with E-state index in [0.717, 1.165) is 10.0 Å². The quantitative estimate of drug-likeness (QED) is 0.657. The van der Waals surface area contributed by atoms with Gasteiger partial charge in [-0.05, 0) is 34.7 Å². The number of benzene rings is 2. The number of nitrogens with two attached hydrogens (primary N) is 1. The molecule has 1 atom stereocenters. The van der Waals surface area contributed by atoms with Crippen LogP contribution in [0, 0.1) is 0 Å². The Morgan fingerprint density at radius 3 is 2.11 bits per heavy atom. The van der Waals surface area contributed by atoms with E-state index >= 15 is 0 Å². The molecule has 0 saturated carbocycles. The van der Waals surface area contributed by atoms with Gasteiger partial charge in [-0.15, -0.1) is 0 Å². The first kappa shape index (κ1) is 14.3. The van der Waals surface area contributed by atoms with Gasteiger partial charge in [0.1, 0.15) is 0 Å². The molecule has 19 heavy (non-hydrogen) atoms. The monoisotopic (exact) mass is 318 g/mol. The van der Waals surface area contributed by atoms with Crippen LogP contribution < -0.4 is 11.3 Å². The highest BCUT2D eigenvalue weighted by Crippen LogP contribution is 2.25. The molecular formula is C16H19BrN2. The first-order valence-corrected chi connectivity index (χ1v) is 7.22. The first-order chi connectivity index (χ1) is 9.11. The maximum atomic E-state index is 5.72. The van der Waals surface area contributed by atoms with E-state index in [4.69, 9.17) is 5.84 Å². The Morgan fingerprint density at radius 2 is 1.58 bits per heavy atom. The van der Waals surface area contributed by atoms with Crippen molar-refractivity contribution in [2.24, 2.45) is 5.84 Å². The van der Waals surface area contributed by atoms with E-state index in [9.17, 15) is 0 Å². The molecule has 0 heterocycles. The summed E-state index contributed by atoms with van der Waals surface area (Å²) in [5.74, 6) is 6.26. The average molecular weight is 319 g/mol. The van der Waals surface area contributed by atoms with Crippen molar-refractivity contribution in [3.05, 3.63) is 69.7 Å². The molecule has 0 bridgehead atoms. The highest BCUT2D eigenvalue weighted by Gasteiger charge is 2.12.